The van der Waals surface area contributed by atoms with E-state index in [1.807, 2.05) is 24.3 Å². The van der Waals surface area contributed by atoms with Gasteiger partial charge < -0.3 is 24.5 Å². The first-order chi connectivity index (χ1) is 19.8. The molecule has 2 heterocycles. The molecule has 2 aliphatic rings. The molecule has 0 saturated carbocycles. The molecule has 7 nitrogen and oxygen atoms in total. The van der Waals surface area contributed by atoms with Crippen LogP contribution in [0.5, 0.6) is 5.75 Å². The number of carbonyl (C=O) groups excluding carboxylic acids is 2. The molecule has 42 heavy (non-hydrogen) atoms. The SMILES string of the molecule is CN(C)C(=O)c1ccc(N2CCC(CC3CCN(C(=O)C(O)(c4cccc(OC(F)F)c4)C(F)(F)F)CC3)CC2)cc1. The van der Waals surface area contributed by atoms with Crippen LogP contribution in [-0.4, -0.2) is 79.8 Å². The van der Waals surface area contributed by atoms with E-state index in [0.717, 1.165) is 61.1 Å². The number of anilines is 1. The van der Waals surface area contributed by atoms with E-state index in [2.05, 4.69) is 9.64 Å². The lowest BCUT2D eigenvalue weighted by atomic mass is 9.82. The van der Waals surface area contributed by atoms with Crippen molar-refractivity contribution in [3.63, 3.8) is 0 Å². The van der Waals surface area contributed by atoms with Crippen molar-refractivity contribution >= 4 is 17.5 Å². The summed E-state index contributed by atoms with van der Waals surface area (Å²) in [6.45, 7) is -1.43. The Balaban J connectivity index is 1.31. The molecule has 0 aromatic heterocycles. The Hall–Kier alpha value is -3.41. The van der Waals surface area contributed by atoms with E-state index in [1.165, 1.54) is 4.90 Å². The van der Waals surface area contributed by atoms with Gasteiger partial charge in [0.2, 0.25) is 0 Å². The summed E-state index contributed by atoms with van der Waals surface area (Å²) in [5, 5.41) is 10.7. The van der Waals surface area contributed by atoms with E-state index in [9.17, 15) is 36.6 Å². The molecule has 2 aliphatic heterocycles. The molecule has 1 N–H and O–H groups in total. The van der Waals surface area contributed by atoms with Crippen LogP contribution in [0.1, 0.15) is 48.0 Å². The van der Waals surface area contributed by atoms with Gasteiger partial charge in [0.15, 0.2) is 0 Å². The van der Waals surface area contributed by atoms with Gasteiger partial charge in [0.1, 0.15) is 5.75 Å². The number of alkyl halides is 5. The van der Waals surface area contributed by atoms with E-state index in [1.54, 1.807) is 14.1 Å². The molecule has 0 aliphatic carbocycles. The van der Waals surface area contributed by atoms with Crippen LogP contribution < -0.4 is 9.64 Å². The number of ether oxygens (including phenoxy) is 1. The molecule has 0 spiro atoms. The van der Waals surface area contributed by atoms with Crippen LogP contribution in [0.4, 0.5) is 27.6 Å². The van der Waals surface area contributed by atoms with Gasteiger partial charge in [0.25, 0.3) is 17.4 Å². The van der Waals surface area contributed by atoms with Gasteiger partial charge >= 0.3 is 12.8 Å². The van der Waals surface area contributed by atoms with Crippen molar-refractivity contribution in [3.8, 4) is 5.75 Å². The summed E-state index contributed by atoms with van der Waals surface area (Å²) >= 11 is 0. The number of hydrogen-bond donors (Lipinski definition) is 1. The third-order valence-electron chi connectivity index (χ3n) is 8.27. The number of halogens is 5. The number of piperidine rings is 2. The van der Waals surface area contributed by atoms with E-state index >= 15 is 0 Å². The number of rotatable bonds is 8. The molecule has 2 amide bonds. The first-order valence-electron chi connectivity index (χ1n) is 14.0. The summed E-state index contributed by atoms with van der Waals surface area (Å²) < 4.78 is 71.7. The van der Waals surface area contributed by atoms with Gasteiger partial charge in [0, 0.05) is 57.1 Å². The van der Waals surface area contributed by atoms with Crippen molar-refractivity contribution in [1.82, 2.24) is 9.80 Å². The maximum Gasteiger partial charge on any atom is 0.430 e. The first-order valence-corrected chi connectivity index (χ1v) is 14.0. The minimum Gasteiger partial charge on any atom is -0.435 e. The maximum atomic E-state index is 14.1. The van der Waals surface area contributed by atoms with Crippen molar-refractivity contribution in [1.29, 1.82) is 0 Å². The molecule has 1 atom stereocenters. The normalized spacial score (nSPS) is 18.6. The summed E-state index contributed by atoms with van der Waals surface area (Å²) in [6, 6.07) is 11.1. The minimum atomic E-state index is -5.37. The molecular formula is C30H36F5N3O4. The molecule has 1 unspecified atom stereocenters. The number of nitrogens with zero attached hydrogens (tertiary/aromatic N) is 3. The number of likely N-dealkylation sites (tertiary alicyclic amines) is 1. The van der Waals surface area contributed by atoms with Crippen LogP contribution >= 0.6 is 0 Å². The highest BCUT2D eigenvalue weighted by molar-refractivity contribution is 5.94. The van der Waals surface area contributed by atoms with Crippen molar-refractivity contribution in [2.75, 3.05) is 45.2 Å². The van der Waals surface area contributed by atoms with E-state index < -0.39 is 35.6 Å². The Morgan fingerprint density at radius 2 is 1.52 bits per heavy atom. The molecule has 0 bridgehead atoms. The van der Waals surface area contributed by atoms with Gasteiger partial charge in [-0.25, -0.2) is 0 Å². The fraction of sp³-hybridized carbons (Fsp3) is 0.533. The van der Waals surface area contributed by atoms with Crippen LogP contribution in [0.15, 0.2) is 48.5 Å². The lowest BCUT2D eigenvalue weighted by Crippen LogP contribution is -2.57. The molecule has 12 heteroatoms. The van der Waals surface area contributed by atoms with Crippen LogP contribution in [0.2, 0.25) is 0 Å². The Morgan fingerprint density at radius 3 is 2.05 bits per heavy atom. The number of hydrogen-bond acceptors (Lipinski definition) is 5. The summed E-state index contributed by atoms with van der Waals surface area (Å²) in [7, 11) is 3.42. The third kappa shape index (κ3) is 6.96. The molecule has 2 aromatic carbocycles. The van der Waals surface area contributed by atoms with Crippen LogP contribution in [-0.2, 0) is 10.4 Å². The van der Waals surface area contributed by atoms with Gasteiger partial charge in [-0.3, -0.25) is 9.59 Å². The second-order valence-electron chi connectivity index (χ2n) is 11.3. The van der Waals surface area contributed by atoms with E-state index in [0.29, 0.717) is 30.4 Å². The summed E-state index contributed by atoms with van der Waals surface area (Å²) in [4.78, 5) is 30.0. The molecule has 2 saturated heterocycles. The smallest absolute Gasteiger partial charge is 0.430 e. The highest BCUT2D eigenvalue weighted by Crippen LogP contribution is 2.42. The Labute approximate surface area is 241 Å². The monoisotopic (exact) mass is 597 g/mol. The summed E-state index contributed by atoms with van der Waals surface area (Å²) in [5.74, 6) is -1.46. The fourth-order valence-corrected chi connectivity index (χ4v) is 5.88. The topological polar surface area (TPSA) is 73.3 Å². The number of amides is 2. The Morgan fingerprint density at radius 1 is 0.952 bits per heavy atom. The average Bonchev–Trinajstić information content (AvgIpc) is 2.96. The number of aliphatic hydroxyl groups is 1. The maximum absolute atomic E-state index is 14.1. The second kappa shape index (κ2) is 12.8. The number of benzene rings is 2. The second-order valence-corrected chi connectivity index (χ2v) is 11.3. The average molecular weight is 598 g/mol. The largest absolute Gasteiger partial charge is 0.435 e. The molecule has 0 radical (unpaired) electrons. The molecular weight excluding hydrogens is 561 g/mol. The molecule has 230 valence electrons. The van der Waals surface area contributed by atoms with Crippen molar-refractivity contribution in [3.05, 3.63) is 59.7 Å². The van der Waals surface area contributed by atoms with Crippen molar-refractivity contribution in [2.45, 2.75) is 50.5 Å². The first kappa shape index (κ1) is 31.5. The van der Waals surface area contributed by atoms with Crippen molar-refractivity contribution < 1.29 is 41.4 Å². The van der Waals surface area contributed by atoms with Crippen LogP contribution in [0.25, 0.3) is 0 Å². The van der Waals surface area contributed by atoms with Gasteiger partial charge in [-0.05, 0) is 80.3 Å². The lowest BCUT2D eigenvalue weighted by molar-refractivity contribution is -0.262. The number of carbonyl (C=O) groups is 2. The zero-order chi connectivity index (χ0) is 30.7. The van der Waals surface area contributed by atoms with Crippen LogP contribution in [0.3, 0.4) is 0 Å². The molecule has 2 fully saturated rings. The standard InChI is InChI=1S/C30H36F5N3O4/c1-36(2)26(39)22-6-8-24(9-7-22)37-14-10-20(11-15-37)18-21-12-16-38(17-13-21)27(40)29(41,30(33,34)35)23-4-3-5-25(19-23)42-28(31)32/h3-9,19-21,28,41H,10-18H2,1-2H3. The zero-order valence-corrected chi connectivity index (χ0v) is 23.6. The third-order valence-corrected chi connectivity index (χ3v) is 8.27. The highest BCUT2D eigenvalue weighted by Gasteiger charge is 2.62. The predicted molar refractivity (Wildman–Crippen MR) is 146 cm³/mol. The zero-order valence-electron chi connectivity index (χ0n) is 23.6. The highest BCUT2D eigenvalue weighted by atomic mass is 19.4. The van der Waals surface area contributed by atoms with E-state index in [-0.39, 0.29) is 24.9 Å². The van der Waals surface area contributed by atoms with Crippen molar-refractivity contribution in [2.24, 2.45) is 11.8 Å². The van der Waals surface area contributed by atoms with Gasteiger partial charge in [-0.2, -0.15) is 22.0 Å². The van der Waals surface area contributed by atoms with Gasteiger partial charge in [-0.1, -0.05) is 12.1 Å². The quantitative estimate of drug-likeness (QED) is 0.419. The molecule has 4 rings (SSSR count). The van der Waals surface area contributed by atoms with Gasteiger partial charge in [0.05, 0.1) is 0 Å². The minimum absolute atomic E-state index is 0.0512. The predicted octanol–water partition coefficient (Wildman–Crippen LogP) is 5.29. The summed E-state index contributed by atoms with van der Waals surface area (Å²) in [6.07, 6.45) is -1.53. The van der Waals surface area contributed by atoms with E-state index in [4.69, 9.17) is 0 Å². The Kier molecular flexibility index (Phi) is 9.64. The Bertz CT molecular complexity index is 1220. The fourth-order valence-electron chi connectivity index (χ4n) is 5.88. The summed E-state index contributed by atoms with van der Waals surface area (Å²) in [5.41, 5.74) is -3.07. The van der Waals surface area contributed by atoms with Gasteiger partial charge in [-0.15, -0.1) is 0 Å². The molecule has 2 aromatic rings. The van der Waals surface area contributed by atoms with Crippen LogP contribution in [0, 0.1) is 11.8 Å². The lowest BCUT2D eigenvalue weighted by Gasteiger charge is -2.40.